The predicted molar refractivity (Wildman–Crippen MR) is 101 cm³/mol. The van der Waals surface area contributed by atoms with Gasteiger partial charge in [-0.25, -0.2) is 0 Å². The first-order valence-corrected chi connectivity index (χ1v) is 8.97. The van der Waals surface area contributed by atoms with Crippen molar-refractivity contribution in [3.8, 4) is 11.5 Å². The zero-order valence-corrected chi connectivity index (χ0v) is 15.4. The Morgan fingerprint density at radius 2 is 2.04 bits per heavy atom. The van der Waals surface area contributed by atoms with Crippen LogP contribution in [0.4, 0.5) is 5.69 Å². The Morgan fingerprint density at radius 1 is 1.22 bits per heavy atom. The molecule has 7 nitrogen and oxygen atoms in total. The number of likely N-dealkylation sites (N-methyl/N-ethyl adjacent to an activating group) is 1. The molecule has 0 aliphatic carbocycles. The number of benzene rings is 1. The summed E-state index contributed by atoms with van der Waals surface area (Å²) in [5.74, 6) is 0.419. The lowest BCUT2D eigenvalue weighted by molar-refractivity contribution is -0.121. The largest absolute Gasteiger partial charge is 0.488 e. The maximum atomic E-state index is 12.7. The van der Waals surface area contributed by atoms with E-state index in [1.807, 2.05) is 13.8 Å². The number of nitrogens with zero attached hydrogens (tertiary/aromatic N) is 2. The fourth-order valence-electron chi connectivity index (χ4n) is 2.93. The second-order valence-electron chi connectivity index (χ2n) is 6.19. The monoisotopic (exact) mass is 370 g/mol. The lowest BCUT2D eigenvalue weighted by Gasteiger charge is -2.28. The molecule has 0 saturated heterocycles. The summed E-state index contributed by atoms with van der Waals surface area (Å²) < 4.78 is 12.2. The van der Waals surface area contributed by atoms with E-state index in [9.17, 15) is 14.4 Å². The molecule has 142 valence electrons. The molecule has 1 aliphatic heterocycles. The highest BCUT2D eigenvalue weighted by Gasteiger charge is 2.25. The summed E-state index contributed by atoms with van der Waals surface area (Å²) in [5, 5.41) is 0. The number of fused-ring (bicyclic) bond motifs is 1. The van der Waals surface area contributed by atoms with Gasteiger partial charge in [0.25, 0.3) is 11.5 Å². The molecule has 1 aliphatic rings. The van der Waals surface area contributed by atoms with Crippen molar-refractivity contribution >= 4 is 17.4 Å². The molecule has 3 rings (SSSR count). The van der Waals surface area contributed by atoms with Gasteiger partial charge in [0.05, 0.1) is 18.8 Å². The molecule has 0 saturated carbocycles. The number of carbonyl (C=O) groups excluding carboxylic acids is 2. The standard InChI is InChI=1S/C20H22N2O5/c1-3-10-26-18-6-5-9-21(20(18)25)12-16(23)14-7-8-17-15(11-14)22(4-2)19(24)13-27-17/h5-9,11H,3-4,10,12-13H2,1-2H3. The first kappa shape index (κ1) is 18.7. The number of ketones is 1. The number of ether oxygens (including phenoxy) is 2. The third-order valence-electron chi connectivity index (χ3n) is 4.30. The molecule has 2 heterocycles. The van der Waals surface area contributed by atoms with Gasteiger partial charge in [-0.3, -0.25) is 14.4 Å². The number of anilines is 1. The van der Waals surface area contributed by atoms with Gasteiger partial charge in [0, 0.05) is 18.3 Å². The summed E-state index contributed by atoms with van der Waals surface area (Å²) in [6.07, 6.45) is 2.35. The zero-order valence-electron chi connectivity index (χ0n) is 15.4. The Balaban J connectivity index is 1.85. The summed E-state index contributed by atoms with van der Waals surface area (Å²) in [6.45, 7) is 4.63. The molecule has 0 bridgehead atoms. The normalized spacial score (nSPS) is 13.1. The summed E-state index contributed by atoms with van der Waals surface area (Å²) in [7, 11) is 0. The molecule has 1 aromatic carbocycles. The van der Waals surface area contributed by atoms with Gasteiger partial charge in [0.15, 0.2) is 18.1 Å². The molecule has 2 aromatic rings. The van der Waals surface area contributed by atoms with Gasteiger partial charge in [-0.1, -0.05) is 6.92 Å². The second-order valence-corrected chi connectivity index (χ2v) is 6.19. The number of amides is 1. The van der Waals surface area contributed by atoms with Gasteiger partial charge in [0.2, 0.25) is 0 Å². The minimum atomic E-state index is -0.342. The number of hydrogen-bond acceptors (Lipinski definition) is 5. The molecule has 0 unspecified atom stereocenters. The van der Waals surface area contributed by atoms with Crippen LogP contribution in [0.3, 0.4) is 0 Å². The summed E-state index contributed by atoms with van der Waals surface area (Å²) >= 11 is 0. The highest BCUT2D eigenvalue weighted by molar-refractivity contribution is 6.01. The molecular weight excluding hydrogens is 348 g/mol. The van der Waals surface area contributed by atoms with Crippen molar-refractivity contribution in [2.24, 2.45) is 0 Å². The van der Waals surface area contributed by atoms with E-state index < -0.39 is 0 Å². The van der Waals surface area contributed by atoms with Crippen LogP contribution in [-0.2, 0) is 11.3 Å². The third-order valence-corrected chi connectivity index (χ3v) is 4.30. The molecular formula is C20H22N2O5. The second kappa shape index (κ2) is 8.07. The van der Waals surface area contributed by atoms with Gasteiger partial charge >= 0.3 is 0 Å². The number of pyridine rings is 1. The number of carbonyl (C=O) groups is 2. The molecule has 0 spiro atoms. The average Bonchev–Trinajstić information content (AvgIpc) is 2.68. The molecule has 1 amide bonds. The van der Waals surface area contributed by atoms with E-state index in [2.05, 4.69) is 0 Å². The molecule has 27 heavy (non-hydrogen) atoms. The van der Waals surface area contributed by atoms with Crippen LogP contribution in [0.5, 0.6) is 11.5 Å². The smallest absolute Gasteiger partial charge is 0.293 e. The fraction of sp³-hybridized carbons (Fsp3) is 0.350. The van der Waals surface area contributed by atoms with Crippen LogP contribution in [0, 0.1) is 0 Å². The Morgan fingerprint density at radius 3 is 2.78 bits per heavy atom. The minimum Gasteiger partial charge on any atom is -0.488 e. The molecule has 7 heteroatoms. The SMILES string of the molecule is CCCOc1cccn(CC(=O)c2ccc3c(c2)N(CC)C(=O)CO3)c1=O. The topological polar surface area (TPSA) is 77.8 Å². The van der Waals surface area contributed by atoms with Gasteiger partial charge in [-0.15, -0.1) is 0 Å². The van der Waals surface area contributed by atoms with Crippen molar-refractivity contribution in [2.75, 3.05) is 24.7 Å². The quantitative estimate of drug-likeness (QED) is 0.699. The number of rotatable bonds is 7. The fourth-order valence-corrected chi connectivity index (χ4v) is 2.93. The van der Waals surface area contributed by atoms with E-state index in [1.54, 1.807) is 41.4 Å². The van der Waals surface area contributed by atoms with Crippen LogP contribution in [-0.4, -0.2) is 36.0 Å². The van der Waals surface area contributed by atoms with Crippen molar-refractivity contribution in [2.45, 2.75) is 26.8 Å². The summed E-state index contributed by atoms with van der Waals surface area (Å²) in [6, 6.07) is 8.24. The van der Waals surface area contributed by atoms with Gasteiger partial charge in [-0.2, -0.15) is 0 Å². The summed E-state index contributed by atoms with van der Waals surface area (Å²) in [4.78, 5) is 38.7. The number of aromatic nitrogens is 1. The van der Waals surface area contributed by atoms with Crippen molar-refractivity contribution in [1.29, 1.82) is 0 Å². The first-order chi connectivity index (χ1) is 13.0. The van der Waals surface area contributed by atoms with E-state index in [0.29, 0.717) is 30.2 Å². The highest BCUT2D eigenvalue weighted by atomic mass is 16.5. The Bertz CT molecular complexity index is 919. The van der Waals surface area contributed by atoms with Crippen molar-refractivity contribution < 1.29 is 19.1 Å². The third kappa shape index (κ3) is 3.86. The van der Waals surface area contributed by atoms with Crippen LogP contribution in [0.25, 0.3) is 0 Å². The minimum absolute atomic E-state index is 0.00587. The van der Waals surface area contributed by atoms with Gasteiger partial charge in [-0.05, 0) is 43.7 Å². The van der Waals surface area contributed by atoms with Crippen LogP contribution >= 0.6 is 0 Å². The highest BCUT2D eigenvalue weighted by Crippen LogP contribution is 2.33. The van der Waals surface area contributed by atoms with Crippen LogP contribution in [0.1, 0.15) is 30.6 Å². The predicted octanol–water partition coefficient (Wildman–Crippen LogP) is 2.27. The maximum Gasteiger partial charge on any atom is 0.293 e. The van der Waals surface area contributed by atoms with Gasteiger partial charge < -0.3 is 18.9 Å². The lowest BCUT2D eigenvalue weighted by Crippen LogP contribution is -2.38. The van der Waals surface area contributed by atoms with Crippen molar-refractivity contribution in [1.82, 2.24) is 4.57 Å². The Labute approximate surface area is 157 Å². The Hall–Kier alpha value is -3.09. The van der Waals surface area contributed by atoms with E-state index in [1.165, 1.54) is 4.57 Å². The zero-order chi connectivity index (χ0) is 19.4. The average molecular weight is 370 g/mol. The van der Waals surface area contributed by atoms with Crippen LogP contribution < -0.4 is 19.9 Å². The Kier molecular flexibility index (Phi) is 5.59. The molecule has 0 fully saturated rings. The summed E-state index contributed by atoms with van der Waals surface area (Å²) in [5.41, 5.74) is 0.648. The lowest BCUT2D eigenvalue weighted by atomic mass is 10.1. The molecule has 1 aromatic heterocycles. The van der Waals surface area contributed by atoms with Crippen molar-refractivity contribution in [3.63, 3.8) is 0 Å². The first-order valence-electron chi connectivity index (χ1n) is 8.97. The number of Topliss-reactive ketones (excluding diaryl/α,β-unsaturated/α-hetero) is 1. The molecule has 0 atom stereocenters. The van der Waals surface area contributed by atoms with E-state index in [-0.39, 0.29) is 36.2 Å². The molecule has 0 radical (unpaired) electrons. The van der Waals surface area contributed by atoms with Crippen LogP contribution in [0.15, 0.2) is 41.3 Å². The van der Waals surface area contributed by atoms with E-state index in [0.717, 1.165) is 6.42 Å². The van der Waals surface area contributed by atoms with E-state index in [4.69, 9.17) is 9.47 Å². The van der Waals surface area contributed by atoms with Crippen molar-refractivity contribution in [3.05, 3.63) is 52.4 Å². The molecule has 0 N–H and O–H groups in total. The van der Waals surface area contributed by atoms with Gasteiger partial charge in [0.1, 0.15) is 5.75 Å². The maximum absolute atomic E-state index is 12.7. The van der Waals surface area contributed by atoms with Crippen LogP contribution in [0.2, 0.25) is 0 Å². The van der Waals surface area contributed by atoms with E-state index >= 15 is 0 Å². The number of hydrogen-bond donors (Lipinski definition) is 0.